The third kappa shape index (κ3) is 5.13. The monoisotopic (exact) mass is 329 g/mol. The van der Waals surface area contributed by atoms with E-state index in [9.17, 15) is 0 Å². The predicted molar refractivity (Wildman–Crippen MR) is 82.6 cm³/mol. The lowest BCUT2D eigenvalue weighted by atomic mass is 10.0. The molecule has 1 aromatic carbocycles. The molecule has 2 N–H and O–H groups in total. The summed E-state index contributed by atoms with van der Waals surface area (Å²) in [6.07, 6.45) is 1.95. The van der Waals surface area contributed by atoms with Crippen LogP contribution in [0.4, 0.5) is 0 Å². The van der Waals surface area contributed by atoms with Crippen LogP contribution in [0.2, 0.25) is 0 Å². The quantitative estimate of drug-likeness (QED) is 0.766. The van der Waals surface area contributed by atoms with Gasteiger partial charge in [-0.15, -0.1) is 0 Å². The van der Waals surface area contributed by atoms with E-state index in [0.29, 0.717) is 5.92 Å². The number of methoxy groups -OCH3 is 1. The van der Waals surface area contributed by atoms with Crippen molar-refractivity contribution >= 4 is 15.9 Å². The molecule has 0 bridgehead atoms. The molecule has 1 rings (SSSR count). The zero-order valence-electron chi connectivity index (χ0n) is 11.9. The topological polar surface area (TPSA) is 41.5 Å². The molecule has 0 fully saturated rings. The smallest absolute Gasteiger partial charge is 0.133 e. The van der Waals surface area contributed by atoms with Gasteiger partial charge in [-0.2, -0.15) is 0 Å². The zero-order valence-corrected chi connectivity index (χ0v) is 13.5. The molecule has 0 saturated heterocycles. The van der Waals surface area contributed by atoms with Crippen LogP contribution >= 0.6 is 15.9 Å². The van der Waals surface area contributed by atoms with E-state index < -0.39 is 0 Å². The number of hydrogen-bond donors (Lipinski definition) is 2. The van der Waals surface area contributed by atoms with E-state index in [-0.39, 0.29) is 12.6 Å². The summed E-state index contributed by atoms with van der Waals surface area (Å²) in [5.41, 5.74) is 1.23. The molecule has 0 spiro atoms. The lowest BCUT2D eigenvalue weighted by Crippen LogP contribution is -2.26. The number of nitrogens with one attached hydrogen (secondary N) is 1. The molecule has 0 amide bonds. The molecule has 4 heteroatoms. The molecule has 3 nitrogen and oxygen atoms in total. The maximum Gasteiger partial charge on any atom is 0.133 e. The van der Waals surface area contributed by atoms with Gasteiger partial charge in [0.15, 0.2) is 0 Å². The number of ether oxygens (including phenoxy) is 1. The van der Waals surface area contributed by atoms with E-state index in [4.69, 9.17) is 9.84 Å². The van der Waals surface area contributed by atoms with Crippen molar-refractivity contribution in [3.05, 3.63) is 28.2 Å². The second kappa shape index (κ2) is 8.56. The fourth-order valence-corrected chi connectivity index (χ4v) is 2.60. The first-order valence-electron chi connectivity index (χ1n) is 6.80. The predicted octanol–water partition coefficient (Wildman–Crippen LogP) is 3.52. The minimum Gasteiger partial charge on any atom is -0.496 e. The molecule has 1 aromatic rings. The first kappa shape index (κ1) is 16.5. The average Bonchev–Trinajstić information content (AvgIpc) is 2.42. The third-order valence-electron chi connectivity index (χ3n) is 3.50. The second-order valence-corrected chi connectivity index (χ2v) is 5.66. The minimum atomic E-state index is 0.267. The molecule has 0 aliphatic carbocycles. The van der Waals surface area contributed by atoms with E-state index in [1.54, 1.807) is 7.11 Å². The molecule has 2 unspecified atom stereocenters. The van der Waals surface area contributed by atoms with Crippen molar-refractivity contribution in [3.63, 3.8) is 0 Å². The van der Waals surface area contributed by atoms with Crippen LogP contribution in [0.1, 0.15) is 38.3 Å². The van der Waals surface area contributed by atoms with Crippen LogP contribution < -0.4 is 10.1 Å². The average molecular weight is 330 g/mol. The molecule has 0 aromatic heterocycles. The van der Waals surface area contributed by atoms with Gasteiger partial charge in [-0.1, -0.05) is 19.4 Å². The van der Waals surface area contributed by atoms with Gasteiger partial charge >= 0.3 is 0 Å². The van der Waals surface area contributed by atoms with Crippen molar-refractivity contribution < 1.29 is 9.84 Å². The van der Waals surface area contributed by atoms with Gasteiger partial charge in [0.05, 0.1) is 11.6 Å². The summed E-state index contributed by atoms with van der Waals surface area (Å²) in [4.78, 5) is 0. The van der Waals surface area contributed by atoms with Gasteiger partial charge in [0.25, 0.3) is 0 Å². The Bertz CT molecular complexity index is 384. The van der Waals surface area contributed by atoms with Gasteiger partial charge in [-0.3, -0.25) is 0 Å². The standard InChI is InChI=1S/C15H24BrNO2/c1-4-12(7-8-18)10-17-11(2)13-5-6-15(19-3)14(16)9-13/h5-6,9,11-12,17-18H,4,7-8,10H2,1-3H3. The van der Waals surface area contributed by atoms with Crippen molar-refractivity contribution in [3.8, 4) is 5.75 Å². The first-order valence-corrected chi connectivity index (χ1v) is 7.59. The first-order chi connectivity index (χ1) is 9.12. The maximum atomic E-state index is 9.00. The van der Waals surface area contributed by atoms with Gasteiger partial charge in [0.1, 0.15) is 5.75 Å². The highest BCUT2D eigenvalue weighted by Crippen LogP contribution is 2.28. The van der Waals surface area contributed by atoms with Gasteiger partial charge in [0.2, 0.25) is 0 Å². The molecule has 0 saturated carbocycles. The number of benzene rings is 1. The van der Waals surface area contributed by atoms with Crippen LogP contribution in [0.3, 0.4) is 0 Å². The number of hydrogen-bond acceptors (Lipinski definition) is 3. The molecule has 0 heterocycles. The molecule has 2 atom stereocenters. The Morgan fingerprint density at radius 2 is 2.16 bits per heavy atom. The Labute approximate surface area is 124 Å². The van der Waals surface area contributed by atoms with E-state index >= 15 is 0 Å². The Balaban J connectivity index is 2.57. The van der Waals surface area contributed by atoms with E-state index in [1.165, 1.54) is 5.56 Å². The van der Waals surface area contributed by atoms with Crippen LogP contribution in [0, 0.1) is 5.92 Å². The minimum absolute atomic E-state index is 0.267. The van der Waals surface area contributed by atoms with Crippen molar-refractivity contribution in [2.45, 2.75) is 32.7 Å². The van der Waals surface area contributed by atoms with Gasteiger partial charge in [-0.05, 0) is 59.4 Å². The summed E-state index contributed by atoms with van der Waals surface area (Å²) in [7, 11) is 1.67. The Kier molecular flexibility index (Phi) is 7.42. The number of aliphatic hydroxyl groups is 1. The SMILES string of the molecule is CCC(CCO)CNC(C)c1ccc(OC)c(Br)c1. The summed E-state index contributed by atoms with van der Waals surface area (Å²) in [5, 5.41) is 12.5. The van der Waals surface area contributed by atoms with Crippen LogP contribution in [0.15, 0.2) is 22.7 Å². The fourth-order valence-electron chi connectivity index (χ4n) is 2.05. The van der Waals surface area contributed by atoms with Crippen molar-refractivity contribution in [2.75, 3.05) is 20.3 Å². The summed E-state index contributed by atoms with van der Waals surface area (Å²) in [6.45, 7) is 5.51. The summed E-state index contributed by atoms with van der Waals surface area (Å²) < 4.78 is 6.21. The molecular formula is C15H24BrNO2. The summed E-state index contributed by atoms with van der Waals surface area (Å²) in [6, 6.07) is 6.43. The van der Waals surface area contributed by atoms with Gasteiger partial charge in [-0.25, -0.2) is 0 Å². The van der Waals surface area contributed by atoms with Crippen molar-refractivity contribution in [1.29, 1.82) is 0 Å². The van der Waals surface area contributed by atoms with Gasteiger partial charge < -0.3 is 15.2 Å². The molecule has 19 heavy (non-hydrogen) atoms. The largest absolute Gasteiger partial charge is 0.496 e. The Morgan fingerprint density at radius 1 is 1.42 bits per heavy atom. The Morgan fingerprint density at radius 3 is 2.68 bits per heavy atom. The van der Waals surface area contributed by atoms with Crippen molar-refractivity contribution in [1.82, 2.24) is 5.32 Å². The second-order valence-electron chi connectivity index (χ2n) is 4.81. The fraction of sp³-hybridized carbons (Fsp3) is 0.600. The normalized spacial score (nSPS) is 14.2. The lowest BCUT2D eigenvalue weighted by Gasteiger charge is -2.20. The molecular weight excluding hydrogens is 306 g/mol. The molecule has 108 valence electrons. The van der Waals surface area contributed by atoms with Crippen LogP contribution in [-0.2, 0) is 0 Å². The third-order valence-corrected chi connectivity index (χ3v) is 4.12. The van der Waals surface area contributed by atoms with E-state index in [1.807, 2.05) is 6.07 Å². The highest BCUT2D eigenvalue weighted by Gasteiger charge is 2.11. The van der Waals surface area contributed by atoms with Crippen LogP contribution in [-0.4, -0.2) is 25.4 Å². The lowest BCUT2D eigenvalue weighted by molar-refractivity contribution is 0.249. The van der Waals surface area contributed by atoms with Crippen molar-refractivity contribution in [2.24, 2.45) is 5.92 Å². The van der Waals surface area contributed by atoms with Crippen LogP contribution in [0.25, 0.3) is 0 Å². The molecule has 0 radical (unpaired) electrons. The van der Waals surface area contributed by atoms with E-state index in [0.717, 1.165) is 29.6 Å². The number of halogens is 1. The maximum absolute atomic E-state index is 9.00. The highest BCUT2D eigenvalue weighted by molar-refractivity contribution is 9.10. The molecule has 0 aliphatic heterocycles. The zero-order chi connectivity index (χ0) is 14.3. The Hall–Kier alpha value is -0.580. The molecule has 0 aliphatic rings. The number of aliphatic hydroxyl groups excluding tert-OH is 1. The highest BCUT2D eigenvalue weighted by atomic mass is 79.9. The number of rotatable bonds is 8. The summed E-state index contributed by atoms with van der Waals surface area (Å²) in [5.74, 6) is 1.39. The summed E-state index contributed by atoms with van der Waals surface area (Å²) >= 11 is 3.51. The van der Waals surface area contributed by atoms with Gasteiger partial charge in [0, 0.05) is 12.6 Å². The van der Waals surface area contributed by atoms with E-state index in [2.05, 4.69) is 47.2 Å². The van der Waals surface area contributed by atoms with Crippen LogP contribution in [0.5, 0.6) is 5.75 Å².